The number of anilines is 1. The summed E-state index contributed by atoms with van der Waals surface area (Å²) >= 11 is 1.87. The molecule has 8 aromatic rings. The zero-order valence-electron chi connectivity index (χ0n) is 22.0. The van der Waals surface area contributed by atoms with E-state index in [0.717, 1.165) is 22.2 Å². The van der Waals surface area contributed by atoms with Crippen molar-refractivity contribution < 1.29 is 4.42 Å². The largest absolute Gasteiger partial charge is 0.456 e. The molecule has 0 aliphatic carbocycles. The molecule has 1 atom stereocenters. The van der Waals surface area contributed by atoms with Gasteiger partial charge in [0.15, 0.2) is 0 Å². The van der Waals surface area contributed by atoms with E-state index in [1.807, 2.05) is 11.8 Å². The van der Waals surface area contributed by atoms with Gasteiger partial charge >= 0.3 is 0 Å². The molecule has 1 aliphatic heterocycles. The van der Waals surface area contributed by atoms with Gasteiger partial charge < -0.3 is 14.3 Å². The second-order valence-electron chi connectivity index (χ2n) is 10.6. The van der Waals surface area contributed by atoms with E-state index in [1.54, 1.807) is 0 Å². The van der Waals surface area contributed by atoms with Gasteiger partial charge in [-0.1, -0.05) is 96.7 Å². The van der Waals surface area contributed by atoms with E-state index in [1.165, 1.54) is 54.5 Å². The molecular formula is C37H24N2OS. The zero-order chi connectivity index (χ0) is 26.9. The van der Waals surface area contributed by atoms with E-state index in [0.29, 0.717) is 0 Å². The number of nitrogens with one attached hydrogen (secondary N) is 1. The Morgan fingerprint density at radius 2 is 1.27 bits per heavy atom. The standard InChI is InChI=1S/C37H24N2OS/c1-2-8-23(9-3-1)25-16-20-33-29(22-25)35-34(40-33)21-19-30-36(35)41-37(38-30)24-14-17-26(18-15-24)39-31-12-6-4-10-27(31)28-11-5-7-13-32(28)39/h1-22,37-38H. The van der Waals surface area contributed by atoms with E-state index in [9.17, 15) is 0 Å². The average molecular weight is 545 g/mol. The summed E-state index contributed by atoms with van der Waals surface area (Å²) in [6, 6.07) is 47.6. The van der Waals surface area contributed by atoms with Gasteiger partial charge in [0, 0.05) is 37.8 Å². The van der Waals surface area contributed by atoms with Crippen LogP contribution in [0.1, 0.15) is 10.9 Å². The molecule has 0 bridgehead atoms. The van der Waals surface area contributed by atoms with E-state index in [-0.39, 0.29) is 5.37 Å². The van der Waals surface area contributed by atoms with Crippen molar-refractivity contribution in [1.29, 1.82) is 0 Å². The Labute approximate surface area is 241 Å². The van der Waals surface area contributed by atoms with Gasteiger partial charge in [-0.05, 0) is 65.2 Å². The van der Waals surface area contributed by atoms with Crippen LogP contribution in [0, 0.1) is 0 Å². The molecule has 0 saturated heterocycles. The van der Waals surface area contributed by atoms with Crippen LogP contribution in [0.4, 0.5) is 5.69 Å². The fourth-order valence-electron chi connectivity index (χ4n) is 6.32. The van der Waals surface area contributed by atoms with Crippen LogP contribution in [-0.2, 0) is 0 Å². The number of rotatable bonds is 3. The summed E-state index contributed by atoms with van der Waals surface area (Å²) in [6.45, 7) is 0. The maximum Gasteiger partial charge on any atom is 0.136 e. The summed E-state index contributed by atoms with van der Waals surface area (Å²) < 4.78 is 8.66. The molecule has 2 aromatic heterocycles. The van der Waals surface area contributed by atoms with Crippen molar-refractivity contribution in [1.82, 2.24) is 4.57 Å². The summed E-state index contributed by atoms with van der Waals surface area (Å²) in [5.41, 5.74) is 10.3. The number of aromatic nitrogens is 1. The Hall–Kier alpha value is -4.93. The average Bonchev–Trinajstić information content (AvgIpc) is 3.73. The first-order chi connectivity index (χ1) is 20.3. The van der Waals surface area contributed by atoms with Gasteiger partial charge in [-0.25, -0.2) is 0 Å². The van der Waals surface area contributed by atoms with Crippen LogP contribution in [0.15, 0.2) is 143 Å². The van der Waals surface area contributed by atoms with Crippen molar-refractivity contribution in [3.05, 3.63) is 139 Å². The molecule has 0 saturated carbocycles. The lowest BCUT2D eigenvalue weighted by Crippen LogP contribution is -2.01. The number of thioether (sulfide) groups is 1. The maximum atomic E-state index is 6.29. The number of hydrogen-bond donors (Lipinski definition) is 1. The molecule has 6 aromatic carbocycles. The SMILES string of the molecule is c1ccc(-c2ccc3oc4ccc5c(c4c3c2)SC(c2ccc(-n3c4ccccc4c4ccccc43)cc2)N5)cc1. The molecule has 3 heterocycles. The molecule has 0 radical (unpaired) electrons. The highest BCUT2D eigenvalue weighted by atomic mass is 32.2. The predicted molar refractivity (Wildman–Crippen MR) is 172 cm³/mol. The van der Waals surface area contributed by atoms with Crippen LogP contribution in [-0.4, -0.2) is 4.57 Å². The molecule has 0 spiro atoms. The summed E-state index contributed by atoms with van der Waals surface area (Å²) in [5, 5.41) is 8.82. The Morgan fingerprint density at radius 3 is 2.02 bits per heavy atom. The minimum Gasteiger partial charge on any atom is -0.456 e. The predicted octanol–water partition coefficient (Wildman–Crippen LogP) is 10.6. The Morgan fingerprint density at radius 1 is 0.585 bits per heavy atom. The molecule has 3 nitrogen and oxygen atoms in total. The first-order valence-electron chi connectivity index (χ1n) is 13.9. The highest BCUT2D eigenvalue weighted by Gasteiger charge is 2.27. The molecular weight excluding hydrogens is 520 g/mol. The van der Waals surface area contributed by atoms with Crippen LogP contribution >= 0.6 is 11.8 Å². The summed E-state index contributed by atoms with van der Waals surface area (Å²) in [4.78, 5) is 1.25. The minimum absolute atomic E-state index is 0.130. The van der Waals surface area contributed by atoms with Crippen LogP contribution in [0.25, 0.3) is 60.6 Å². The normalized spacial score (nSPS) is 14.7. The van der Waals surface area contributed by atoms with E-state index in [2.05, 4.69) is 143 Å². The van der Waals surface area contributed by atoms with Crippen molar-refractivity contribution in [3.63, 3.8) is 0 Å². The fourth-order valence-corrected chi connectivity index (χ4v) is 7.62. The summed E-state index contributed by atoms with van der Waals surface area (Å²) in [7, 11) is 0. The second-order valence-corrected chi connectivity index (χ2v) is 11.7. The van der Waals surface area contributed by atoms with Gasteiger partial charge in [0.2, 0.25) is 0 Å². The zero-order valence-corrected chi connectivity index (χ0v) is 22.9. The van der Waals surface area contributed by atoms with Crippen molar-refractivity contribution in [2.75, 3.05) is 5.32 Å². The minimum atomic E-state index is 0.130. The van der Waals surface area contributed by atoms with E-state index >= 15 is 0 Å². The van der Waals surface area contributed by atoms with Crippen LogP contribution < -0.4 is 5.32 Å². The van der Waals surface area contributed by atoms with Crippen LogP contribution in [0.2, 0.25) is 0 Å². The maximum absolute atomic E-state index is 6.29. The number of furan rings is 1. The van der Waals surface area contributed by atoms with Gasteiger partial charge in [-0.15, -0.1) is 0 Å². The Balaban J connectivity index is 1.10. The number of fused-ring (bicyclic) bond motifs is 8. The third-order valence-electron chi connectivity index (χ3n) is 8.25. The number of para-hydroxylation sites is 2. The van der Waals surface area contributed by atoms with Gasteiger partial charge in [-0.3, -0.25) is 0 Å². The highest BCUT2D eigenvalue weighted by Crippen LogP contribution is 2.52. The van der Waals surface area contributed by atoms with Crippen LogP contribution in [0.3, 0.4) is 0 Å². The van der Waals surface area contributed by atoms with Gasteiger partial charge in [-0.2, -0.15) is 0 Å². The van der Waals surface area contributed by atoms with Gasteiger partial charge in [0.05, 0.1) is 11.0 Å². The van der Waals surface area contributed by atoms with Crippen molar-refractivity contribution in [2.45, 2.75) is 10.3 Å². The van der Waals surface area contributed by atoms with Crippen molar-refractivity contribution >= 4 is 61.2 Å². The van der Waals surface area contributed by atoms with Crippen LogP contribution in [0.5, 0.6) is 0 Å². The third-order valence-corrected chi connectivity index (χ3v) is 9.54. The molecule has 1 aliphatic rings. The molecule has 0 fully saturated rings. The molecule has 9 rings (SSSR count). The summed E-state index contributed by atoms with van der Waals surface area (Å²) in [6.07, 6.45) is 0. The molecule has 41 heavy (non-hydrogen) atoms. The third kappa shape index (κ3) is 3.47. The molecule has 0 amide bonds. The number of nitrogens with zero attached hydrogens (tertiary/aromatic N) is 1. The first kappa shape index (κ1) is 22.8. The van der Waals surface area contributed by atoms with Crippen molar-refractivity contribution in [2.24, 2.45) is 0 Å². The quantitative estimate of drug-likeness (QED) is 0.240. The molecule has 4 heteroatoms. The fraction of sp³-hybridized carbons (Fsp3) is 0.0270. The lowest BCUT2D eigenvalue weighted by atomic mass is 10.0. The van der Waals surface area contributed by atoms with Gasteiger partial charge in [0.25, 0.3) is 0 Å². The molecule has 194 valence electrons. The van der Waals surface area contributed by atoms with Gasteiger partial charge in [0.1, 0.15) is 16.5 Å². The second kappa shape index (κ2) is 8.79. The lowest BCUT2D eigenvalue weighted by molar-refractivity contribution is 0.668. The highest BCUT2D eigenvalue weighted by molar-refractivity contribution is 8.00. The first-order valence-corrected chi connectivity index (χ1v) is 14.8. The number of hydrogen-bond acceptors (Lipinski definition) is 3. The molecule has 1 unspecified atom stereocenters. The topological polar surface area (TPSA) is 30.1 Å². The summed E-state index contributed by atoms with van der Waals surface area (Å²) in [5.74, 6) is 0. The lowest BCUT2D eigenvalue weighted by Gasteiger charge is -2.13. The molecule has 1 N–H and O–H groups in total. The van der Waals surface area contributed by atoms with E-state index in [4.69, 9.17) is 4.42 Å². The number of benzene rings is 6. The Bertz CT molecular complexity index is 2210. The Kier molecular flexibility index (Phi) is 4.89. The van der Waals surface area contributed by atoms with Crippen molar-refractivity contribution in [3.8, 4) is 16.8 Å². The van der Waals surface area contributed by atoms with E-state index < -0.39 is 0 Å². The smallest absolute Gasteiger partial charge is 0.136 e. The monoisotopic (exact) mass is 544 g/mol.